The molecule has 7 nitrogen and oxygen atoms in total. The first-order valence-electron chi connectivity index (χ1n) is 10.1. The van der Waals surface area contributed by atoms with E-state index in [1.807, 2.05) is 6.92 Å². The maximum Gasteiger partial charge on any atom is 0.157 e. The lowest BCUT2D eigenvalue weighted by Gasteiger charge is -2.24. The summed E-state index contributed by atoms with van der Waals surface area (Å²) in [6.45, 7) is 7.31. The summed E-state index contributed by atoms with van der Waals surface area (Å²) in [5.41, 5.74) is 0. The molecular formula is C19H36O7. The van der Waals surface area contributed by atoms with Crippen molar-refractivity contribution in [3.05, 3.63) is 0 Å². The molecule has 2 heterocycles. The van der Waals surface area contributed by atoms with Gasteiger partial charge in [0.25, 0.3) is 0 Å². The molecule has 0 aliphatic carbocycles. The summed E-state index contributed by atoms with van der Waals surface area (Å²) in [4.78, 5) is 0. The summed E-state index contributed by atoms with van der Waals surface area (Å²) in [5, 5.41) is 0. The highest BCUT2D eigenvalue weighted by Crippen LogP contribution is 2.14. The molecule has 3 unspecified atom stereocenters. The summed E-state index contributed by atoms with van der Waals surface area (Å²) >= 11 is 0. The molecular weight excluding hydrogens is 340 g/mol. The van der Waals surface area contributed by atoms with E-state index in [1.54, 1.807) is 0 Å². The first kappa shape index (κ1) is 22.0. The highest BCUT2D eigenvalue weighted by Gasteiger charge is 2.16. The lowest BCUT2D eigenvalue weighted by Crippen LogP contribution is -2.30. The molecule has 0 N–H and O–H groups in total. The van der Waals surface area contributed by atoms with E-state index >= 15 is 0 Å². The van der Waals surface area contributed by atoms with E-state index in [0.717, 1.165) is 38.9 Å². The van der Waals surface area contributed by atoms with Crippen LogP contribution in [0.5, 0.6) is 0 Å². The molecule has 0 aromatic rings. The van der Waals surface area contributed by atoms with Crippen LogP contribution in [0.4, 0.5) is 0 Å². The molecule has 0 spiro atoms. The third-order valence-electron chi connectivity index (χ3n) is 4.36. The Hall–Kier alpha value is -0.280. The maximum atomic E-state index is 5.84. The smallest absolute Gasteiger partial charge is 0.157 e. The van der Waals surface area contributed by atoms with Crippen LogP contribution in [0.1, 0.15) is 45.4 Å². The Morgan fingerprint density at radius 2 is 1.38 bits per heavy atom. The molecule has 0 saturated carbocycles. The molecule has 0 radical (unpaired) electrons. The quantitative estimate of drug-likeness (QED) is 0.432. The van der Waals surface area contributed by atoms with Crippen LogP contribution in [0.15, 0.2) is 0 Å². The fourth-order valence-electron chi connectivity index (χ4n) is 2.93. The monoisotopic (exact) mass is 376 g/mol. The Kier molecular flexibility index (Phi) is 12.5. The van der Waals surface area contributed by atoms with Crippen molar-refractivity contribution in [1.29, 1.82) is 0 Å². The Balaban J connectivity index is 1.49. The highest BCUT2D eigenvalue weighted by atomic mass is 16.7. The minimum absolute atomic E-state index is 0.0676. The van der Waals surface area contributed by atoms with Crippen molar-refractivity contribution in [2.75, 3.05) is 59.5 Å². The average Bonchev–Trinajstić information content (AvgIpc) is 2.70. The molecule has 0 aromatic heterocycles. The van der Waals surface area contributed by atoms with Crippen molar-refractivity contribution in [3.8, 4) is 0 Å². The molecule has 0 aromatic carbocycles. The van der Waals surface area contributed by atoms with Crippen LogP contribution in [0, 0.1) is 0 Å². The first-order chi connectivity index (χ1) is 12.9. The Labute approximate surface area is 157 Å². The molecule has 2 rings (SSSR count). The predicted octanol–water partition coefficient (Wildman–Crippen LogP) is 2.51. The van der Waals surface area contributed by atoms with Crippen LogP contribution < -0.4 is 0 Å². The van der Waals surface area contributed by atoms with E-state index in [-0.39, 0.29) is 18.7 Å². The molecule has 0 bridgehead atoms. The zero-order valence-electron chi connectivity index (χ0n) is 16.2. The summed E-state index contributed by atoms with van der Waals surface area (Å²) in [6.07, 6.45) is 6.29. The SMILES string of the molecule is CCOCC(COCCOC1CCCCO1)OCCOC1CCCCO1. The van der Waals surface area contributed by atoms with Crippen molar-refractivity contribution in [2.24, 2.45) is 0 Å². The number of hydrogen-bond acceptors (Lipinski definition) is 7. The zero-order chi connectivity index (χ0) is 18.3. The van der Waals surface area contributed by atoms with Gasteiger partial charge in [0.15, 0.2) is 12.6 Å². The third kappa shape index (κ3) is 10.2. The summed E-state index contributed by atoms with van der Waals surface area (Å²) in [6, 6.07) is 0. The molecule has 7 heteroatoms. The van der Waals surface area contributed by atoms with Gasteiger partial charge in [-0.15, -0.1) is 0 Å². The van der Waals surface area contributed by atoms with Gasteiger partial charge < -0.3 is 33.2 Å². The topological polar surface area (TPSA) is 64.6 Å². The standard InChI is InChI=1S/C19H36O7/c1-2-20-15-17(22-13-14-26-19-8-4-6-10-24-19)16-21-11-12-25-18-7-3-5-9-23-18/h17-19H,2-16H2,1H3. The van der Waals surface area contributed by atoms with E-state index in [9.17, 15) is 0 Å². The number of hydrogen-bond donors (Lipinski definition) is 0. The number of ether oxygens (including phenoxy) is 7. The fraction of sp³-hybridized carbons (Fsp3) is 1.00. The fourth-order valence-corrected chi connectivity index (χ4v) is 2.93. The van der Waals surface area contributed by atoms with E-state index in [2.05, 4.69) is 0 Å². The molecule has 2 saturated heterocycles. The first-order valence-corrected chi connectivity index (χ1v) is 10.1. The second-order valence-electron chi connectivity index (χ2n) is 6.56. The summed E-state index contributed by atoms with van der Waals surface area (Å²) in [5.74, 6) is 0. The van der Waals surface area contributed by atoms with Crippen molar-refractivity contribution >= 4 is 0 Å². The van der Waals surface area contributed by atoms with Gasteiger partial charge in [-0.25, -0.2) is 0 Å². The van der Waals surface area contributed by atoms with Crippen molar-refractivity contribution in [1.82, 2.24) is 0 Å². The van der Waals surface area contributed by atoms with Gasteiger partial charge in [-0.3, -0.25) is 0 Å². The van der Waals surface area contributed by atoms with Crippen molar-refractivity contribution < 1.29 is 33.2 Å². The van der Waals surface area contributed by atoms with Crippen LogP contribution >= 0.6 is 0 Å². The van der Waals surface area contributed by atoms with Crippen LogP contribution in [-0.2, 0) is 33.2 Å². The zero-order valence-corrected chi connectivity index (χ0v) is 16.2. The number of rotatable bonds is 14. The van der Waals surface area contributed by atoms with Gasteiger partial charge in [0.2, 0.25) is 0 Å². The second-order valence-corrected chi connectivity index (χ2v) is 6.56. The van der Waals surface area contributed by atoms with Gasteiger partial charge in [-0.2, -0.15) is 0 Å². The third-order valence-corrected chi connectivity index (χ3v) is 4.36. The van der Waals surface area contributed by atoms with Crippen LogP contribution in [0.2, 0.25) is 0 Å². The highest BCUT2D eigenvalue weighted by molar-refractivity contribution is 4.58. The maximum absolute atomic E-state index is 5.84. The molecule has 154 valence electrons. The van der Waals surface area contributed by atoms with Crippen molar-refractivity contribution in [3.63, 3.8) is 0 Å². The average molecular weight is 376 g/mol. The molecule has 2 aliphatic heterocycles. The molecule has 0 amide bonds. The Morgan fingerprint density at radius 3 is 1.96 bits per heavy atom. The van der Waals surface area contributed by atoms with Gasteiger partial charge in [0.1, 0.15) is 6.10 Å². The largest absolute Gasteiger partial charge is 0.379 e. The lowest BCUT2D eigenvalue weighted by molar-refractivity contribution is -0.178. The van der Waals surface area contributed by atoms with Crippen LogP contribution in [0.3, 0.4) is 0 Å². The van der Waals surface area contributed by atoms with Crippen molar-refractivity contribution in [2.45, 2.75) is 64.1 Å². The predicted molar refractivity (Wildman–Crippen MR) is 96.1 cm³/mol. The second kappa shape index (κ2) is 14.7. The Bertz CT molecular complexity index is 317. The minimum Gasteiger partial charge on any atom is -0.379 e. The lowest BCUT2D eigenvalue weighted by atomic mass is 10.2. The van der Waals surface area contributed by atoms with Gasteiger partial charge in [-0.05, 0) is 45.4 Å². The summed E-state index contributed by atoms with van der Waals surface area (Å²) < 4.78 is 39.4. The van der Waals surface area contributed by atoms with Gasteiger partial charge in [0.05, 0.1) is 39.6 Å². The van der Waals surface area contributed by atoms with E-state index in [4.69, 9.17) is 33.2 Å². The van der Waals surface area contributed by atoms with E-state index in [1.165, 1.54) is 12.8 Å². The molecule has 2 aliphatic rings. The van der Waals surface area contributed by atoms with E-state index in [0.29, 0.717) is 46.2 Å². The Morgan fingerprint density at radius 1 is 0.769 bits per heavy atom. The molecule has 26 heavy (non-hydrogen) atoms. The normalized spacial score (nSPS) is 25.3. The van der Waals surface area contributed by atoms with Crippen LogP contribution in [-0.4, -0.2) is 78.1 Å². The van der Waals surface area contributed by atoms with Gasteiger partial charge in [0, 0.05) is 19.8 Å². The minimum atomic E-state index is -0.100. The van der Waals surface area contributed by atoms with Gasteiger partial charge in [-0.1, -0.05) is 0 Å². The van der Waals surface area contributed by atoms with E-state index < -0.39 is 0 Å². The summed E-state index contributed by atoms with van der Waals surface area (Å²) in [7, 11) is 0. The van der Waals surface area contributed by atoms with Gasteiger partial charge >= 0.3 is 0 Å². The molecule has 3 atom stereocenters. The van der Waals surface area contributed by atoms with Crippen LogP contribution in [0.25, 0.3) is 0 Å². The molecule has 2 fully saturated rings.